The Morgan fingerprint density at radius 1 is 1.03 bits per heavy atom. The Morgan fingerprint density at radius 2 is 1.70 bits per heavy atom. The summed E-state index contributed by atoms with van der Waals surface area (Å²) in [6, 6.07) is 9.76. The summed E-state index contributed by atoms with van der Waals surface area (Å²) in [6.07, 6.45) is 0.998. The van der Waals surface area contributed by atoms with E-state index in [1.54, 1.807) is 18.2 Å². The molecule has 0 saturated carbocycles. The van der Waals surface area contributed by atoms with Crippen molar-refractivity contribution in [2.75, 3.05) is 30.3 Å². The molecule has 0 radical (unpaired) electrons. The van der Waals surface area contributed by atoms with Crippen LogP contribution < -0.4 is 19.1 Å². The molecule has 2 aromatic rings. The molecule has 10 heteroatoms. The highest BCUT2D eigenvalue weighted by Gasteiger charge is 2.23. The number of ether oxygens (including phenoxy) is 2. The molecule has 0 aromatic heterocycles. The molecule has 0 aliphatic carbocycles. The average Bonchev–Trinajstić information content (AvgIpc) is 2.68. The lowest BCUT2D eigenvalue weighted by Crippen LogP contribution is -2.40. The van der Waals surface area contributed by atoms with Crippen LogP contribution in [0, 0.1) is 0 Å². The van der Waals surface area contributed by atoms with Crippen LogP contribution in [0.15, 0.2) is 36.4 Å². The van der Waals surface area contributed by atoms with Gasteiger partial charge in [0.25, 0.3) is 0 Å². The van der Waals surface area contributed by atoms with Crippen molar-refractivity contribution in [3.63, 3.8) is 0 Å². The standard InChI is InChI=1S/C20H24Cl2N2O5S/c1-4-28-18-9-6-14(10-19(18)29-5-2)12-23-20(25)13-24(30(3,26)27)17-11-15(21)7-8-16(17)22/h6-11H,4-5,12-13H2,1-3H3,(H,23,25). The number of anilines is 1. The van der Waals surface area contributed by atoms with Crippen LogP contribution in [0.4, 0.5) is 5.69 Å². The molecule has 1 N–H and O–H groups in total. The largest absolute Gasteiger partial charge is 0.490 e. The average molecular weight is 475 g/mol. The van der Waals surface area contributed by atoms with Crippen LogP contribution in [-0.2, 0) is 21.4 Å². The maximum absolute atomic E-state index is 12.5. The summed E-state index contributed by atoms with van der Waals surface area (Å²) in [5.41, 5.74) is 0.920. The maximum atomic E-state index is 12.5. The number of sulfonamides is 1. The highest BCUT2D eigenvalue weighted by atomic mass is 35.5. The fourth-order valence-electron chi connectivity index (χ4n) is 2.65. The lowest BCUT2D eigenvalue weighted by atomic mass is 10.2. The molecule has 164 valence electrons. The predicted octanol–water partition coefficient (Wildman–Crippen LogP) is 3.87. The third-order valence-corrected chi connectivity index (χ3v) is 5.64. The van der Waals surface area contributed by atoms with Crippen molar-refractivity contribution >= 4 is 44.8 Å². The van der Waals surface area contributed by atoms with E-state index in [0.717, 1.165) is 16.1 Å². The van der Waals surface area contributed by atoms with Gasteiger partial charge in [0.05, 0.1) is 30.2 Å². The highest BCUT2D eigenvalue weighted by Crippen LogP contribution is 2.31. The van der Waals surface area contributed by atoms with Crippen LogP contribution >= 0.6 is 23.2 Å². The second-order valence-corrected chi connectivity index (χ2v) is 9.04. The Labute approximate surface area is 186 Å². The molecule has 0 bridgehead atoms. The van der Waals surface area contributed by atoms with Crippen molar-refractivity contribution < 1.29 is 22.7 Å². The Morgan fingerprint density at radius 3 is 2.33 bits per heavy atom. The first-order valence-electron chi connectivity index (χ1n) is 9.23. The van der Waals surface area contributed by atoms with E-state index in [9.17, 15) is 13.2 Å². The van der Waals surface area contributed by atoms with Crippen molar-refractivity contribution in [3.8, 4) is 11.5 Å². The Balaban J connectivity index is 2.13. The van der Waals surface area contributed by atoms with E-state index >= 15 is 0 Å². The molecule has 0 aliphatic rings. The second kappa shape index (κ2) is 10.7. The Bertz CT molecular complexity index is 999. The molecule has 1 amide bonds. The van der Waals surface area contributed by atoms with Crippen LogP contribution in [0.3, 0.4) is 0 Å². The van der Waals surface area contributed by atoms with Gasteiger partial charge < -0.3 is 14.8 Å². The van der Waals surface area contributed by atoms with Gasteiger partial charge >= 0.3 is 0 Å². The minimum absolute atomic E-state index is 0.140. The van der Waals surface area contributed by atoms with Gasteiger partial charge in [0.2, 0.25) is 15.9 Å². The summed E-state index contributed by atoms with van der Waals surface area (Å²) >= 11 is 12.1. The molecular formula is C20H24Cl2N2O5S. The molecule has 0 fully saturated rings. The van der Waals surface area contributed by atoms with Gasteiger partial charge in [-0.1, -0.05) is 29.3 Å². The smallest absolute Gasteiger partial charge is 0.241 e. The van der Waals surface area contributed by atoms with E-state index in [4.69, 9.17) is 32.7 Å². The molecule has 7 nitrogen and oxygen atoms in total. The molecule has 2 rings (SSSR count). The summed E-state index contributed by atoms with van der Waals surface area (Å²) in [6.45, 7) is 4.47. The first-order valence-corrected chi connectivity index (χ1v) is 11.8. The summed E-state index contributed by atoms with van der Waals surface area (Å²) in [4.78, 5) is 12.5. The van der Waals surface area contributed by atoms with Gasteiger partial charge in [-0.15, -0.1) is 0 Å². The monoisotopic (exact) mass is 474 g/mol. The zero-order valence-corrected chi connectivity index (χ0v) is 19.3. The fraction of sp³-hybridized carbons (Fsp3) is 0.350. The number of nitrogens with zero attached hydrogens (tertiary/aromatic N) is 1. The number of carbonyl (C=O) groups excluding carboxylic acids is 1. The number of carbonyl (C=O) groups is 1. The van der Waals surface area contributed by atoms with Crippen molar-refractivity contribution in [3.05, 3.63) is 52.0 Å². The van der Waals surface area contributed by atoms with Gasteiger partial charge in [-0.2, -0.15) is 0 Å². The van der Waals surface area contributed by atoms with Gasteiger partial charge in [-0.05, 0) is 49.7 Å². The van der Waals surface area contributed by atoms with Gasteiger partial charge in [0, 0.05) is 11.6 Å². The van der Waals surface area contributed by atoms with E-state index in [-0.39, 0.29) is 17.3 Å². The summed E-state index contributed by atoms with van der Waals surface area (Å²) in [5, 5.41) is 3.19. The number of amides is 1. The molecule has 0 saturated heterocycles. The first-order chi connectivity index (χ1) is 14.2. The number of halogens is 2. The van der Waals surface area contributed by atoms with Gasteiger partial charge in [-0.25, -0.2) is 8.42 Å². The van der Waals surface area contributed by atoms with Gasteiger partial charge in [0.1, 0.15) is 6.54 Å². The first kappa shape index (κ1) is 24.1. The van der Waals surface area contributed by atoms with E-state index in [1.807, 2.05) is 13.8 Å². The van der Waals surface area contributed by atoms with Crippen LogP contribution in [0.2, 0.25) is 10.0 Å². The van der Waals surface area contributed by atoms with Crippen molar-refractivity contribution in [2.24, 2.45) is 0 Å². The number of hydrogen-bond donors (Lipinski definition) is 1. The third kappa shape index (κ3) is 6.68. The minimum atomic E-state index is -3.77. The predicted molar refractivity (Wildman–Crippen MR) is 119 cm³/mol. The third-order valence-electron chi connectivity index (χ3n) is 3.96. The SMILES string of the molecule is CCOc1ccc(CNC(=O)CN(c2cc(Cl)ccc2Cl)S(C)(=O)=O)cc1OCC. The second-order valence-electron chi connectivity index (χ2n) is 6.29. The van der Waals surface area contributed by atoms with Gasteiger partial charge in [-0.3, -0.25) is 9.10 Å². The van der Waals surface area contributed by atoms with Crippen LogP contribution in [0.25, 0.3) is 0 Å². The fourth-order valence-corrected chi connectivity index (χ4v) is 3.95. The number of rotatable bonds is 10. The number of benzene rings is 2. The van der Waals surface area contributed by atoms with E-state index < -0.39 is 22.5 Å². The van der Waals surface area contributed by atoms with Crippen LogP contribution in [0.1, 0.15) is 19.4 Å². The number of hydrogen-bond acceptors (Lipinski definition) is 5. The van der Waals surface area contributed by atoms with Gasteiger partial charge in [0.15, 0.2) is 11.5 Å². The summed E-state index contributed by atoms with van der Waals surface area (Å²) in [7, 11) is -3.77. The molecule has 2 aromatic carbocycles. The topological polar surface area (TPSA) is 84.9 Å². The van der Waals surface area contributed by atoms with E-state index in [2.05, 4.69) is 5.32 Å². The number of nitrogens with one attached hydrogen (secondary N) is 1. The zero-order valence-electron chi connectivity index (χ0n) is 16.9. The molecular weight excluding hydrogens is 451 g/mol. The quantitative estimate of drug-likeness (QED) is 0.564. The van der Waals surface area contributed by atoms with Crippen molar-refractivity contribution in [1.82, 2.24) is 5.32 Å². The Kier molecular flexibility index (Phi) is 8.64. The normalized spacial score (nSPS) is 11.1. The lowest BCUT2D eigenvalue weighted by Gasteiger charge is -2.23. The molecule has 0 atom stereocenters. The highest BCUT2D eigenvalue weighted by molar-refractivity contribution is 7.92. The molecule has 0 heterocycles. The minimum Gasteiger partial charge on any atom is -0.490 e. The molecule has 0 unspecified atom stereocenters. The van der Waals surface area contributed by atoms with Crippen molar-refractivity contribution in [2.45, 2.75) is 20.4 Å². The zero-order chi connectivity index (χ0) is 22.3. The van der Waals surface area contributed by atoms with Crippen LogP contribution in [0.5, 0.6) is 11.5 Å². The van der Waals surface area contributed by atoms with E-state index in [1.165, 1.54) is 18.2 Å². The summed E-state index contributed by atoms with van der Waals surface area (Å²) < 4.78 is 36.5. The van der Waals surface area contributed by atoms with Crippen molar-refractivity contribution in [1.29, 1.82) is 0 Å². The molecule has 30 heavy (non-hydrogen) atoms. The summed E-state index contributed by atoms with van der Waals surface area (Å²) in [5.74, 6) is 0.700. The molecule has 0 aliphatic heterocycles. The van der Waals surface area contributed by atoms with E-state index in [0.29, 0.717) is 29.7 Å². The molecule has 0 spiro atoms. The maximum Gasteiger partial charge on any atom is 0.241 e. The van der Waals surface area contributed by atoms with Crippen LogP contribution in [-0.4, -0.2) is 40.3 Å². The Hall–Kier alpha value is -2.16. The lowest BCUT2D eigenvalue weighted by molar-refractivity contribution is -0.119.